The fraction of sp³-hybridized carbons (Fsp3) is 0.647. The van der Waals surface area contributed by atoms with Gasteiger partial charge in [0.15, 0.2) is 0 Å². The Balaban J connectivity index is 1.66. The summed E-state index contributed by atoms with van der Waals surface area (Å²) in [4.78, 5) is 0. The molecule has 1 aliphatic carbocycles. The molecule has 0 radical (unpaired) electrons. The third-order valence-corrected chi connectivity index (χ3v) is 4.14. The number of rotatable bonds is 7. The van der Waals surface area contributed by atoms with Crippen LogP contribution >= 0.6 is 0 Å². The Bertz CT molecular complexity index is 424. The van der Waals surface area contributed by atoms with Crippen LogP contribution in [-0.4, -0.2) is 30.5 Å². The molecule has 3 unspecified atom stereocenters. The monoisotopic (exact) mass is 293 g/mol. The molecule has 1 saturated carbocycles. The van der Waals surface area contributed by atoms with Crippen molar-refractivity contribution in [2.45, 2.75) is 51.2 Å². The van der Waals surface area contributed by atoms with Gasteiger partial charge in [0.25, 0.3) is 0 Å². The van der Waals surface area contributed by atoms with Gasteiger partial charge in [-0.15, -0.1) is 0 Å². The van der Waals surface area contributed by atoms with Crippen molar-refractivity contribution >= 4 is 5.69 Å². The molecule has 3 atom stereocenters. The summed E-state index contributed by atoms with van der Waals surface area (Å²) in [5, 5.41) is 9.95. The Morgan fingerprint density at radius 2 is 2.19 bits per heavy atom. The van der Waals surface area contributed by atoms with E-state index in [9.17, 15) is 5.11 Å². The average Bonchev–Trinajstić information content (AvgIpc) is 2.51. The van der Waals surface area contributed by atoms with Gasteiger partial charge < -0.3 is 20.3 Å². The predicted octanol–water partition coefficient (Wildman–Crippen LogP) is 2.99. The summed E-state index contributed by atoms with van der Waals surface area (Å²) in [6.07, 6.45) is 5.70. The van der Waals surface area contributed by atoms with Gasteiger partial charge in [-0.25, -0.2) is 0 Å². The summed E-state index contributed by atoms with van der Waals surface area (Å²) in [6.45, 7) is 2.80. The minimum absolute atomic E-state index is 0.230. The van der Waals surface area contributed by atoms with Crippen molar-refractivity contribution in [2.75, 3.05) is 18.9 Å². The van der Waals surface area contributed by atoms with Crippen molar-refractivity contribution < 1.29 is 14.6 Å². The maximum atomic E-state index is 9.95. The Kier molecular flexibility index (Phi) is 6.33. The highest BCUT2D eigenvalue weighted by molar-refractivity contribution is 5.43. The highest BCUT2D eigenvalue weighted by Gasteiger charge is 2.22. The van der Waals surface area contributed by atoms with Crippen LogP contribution in [0.3, 0.4) is 0 Å². The number of hydrogen-bond donors (Lipinski definition) is 2. The largest absolute Gasteiger partial charge is 0.491 e. The molecule has 0 aromatic heterocycles. The van der Waals surface area contributed by atoms with Crippen LogP contribution in [0.15, 0.2) is 24.3 Å². The molecule has 4 heteroatoms. The van der Waals surface area contributed by atoms with Crippen LogP contribution in [0, 0.1) is 5.92 Å². The third-order valence-electron chi connectivity index (χ3n) is 4.14. The molecule has 0 amide bonds. The first-order chi connectivity index (χ1) is 10.2. The van der Waals surface area contributed by atoms with Crippen LogP contribution in [0.4, 0.5) is 5.69 Å². The van der Waals surface area contributed by atoms with Crippen molar-refractivity contribution in [3.63, 3.8) is 0 Å². The molecule has 2 rings (SSSR count). The topological polar surface area (TPSA) is 64.7 Å². The number of nitrogen functional groups attached to an aromatic ring is 1. The van der Waals surface area contributed by atoms with Crippen LogP contribution in [0.5, 0.6) is 5.75 Å². The molecule has 118 valence electrons. The lowest BCUT2D eigenvalue weighted by atomic mass is 9.85. The van der Waals surface area contributed by atoms with E-state index in [2.05, 4.69) is 6.92 Å². The molecular weight excluding hydrogens is 266 g/mol. The molecule has 0 aliphatic heterocycles. The maximum absolute atomic E-state index is 9.95. The Hall–Kier alpha value is -1.26. The summed E-state index contributed by atoms with van der Waals surface area (Å²) in [6, 6.07) is 7.22. The van der Waals surface area contributed by atoms with Crippen molar-refractivity contribution in [1.82, 2.24) is 0 Å². The van der Waals surface area contributed by atoms with Crippen LogP contribution in [0.2, 0.25) is 0 Å². The fourth-order valence-corrected chi connectivity index (χ4v) is 2.86. The number of aliphatic hydroxyl groups excluding tert-OH is 1. The highest BCUT2D eigenvalue weighted by atomic mass is 16.5. The molecule has 0 heterocycles. The van der Waals surface area contributed by atoms with Gasteiger partial charge in [-0.1, -0.05) is 32.3 Å². The standard InChI is InChI=1S/C17H27NO3/c1-2-13-5-3-7-16(9-13)20-11-15(19)12-21-17-8-4-6-14(18)10-17/h4,6,8,10,13,15-16,19H,2-3,5,7,9,11-12,18H2,1H3. The zero-order valence-corrected chi connectivity index (χ0v) is 12.8. The molecule has 0 saturated heterocycles. The normalized spacial score (nSPS) is 23.7. The van der Waals surface area contributed by atoms with E-state index in [1.165, 1.54) is 19.3 Å². The summed E-state index contributed by atoms with van der Waals surface area (Å²) in [5.41, 5.74) is 6.34. The molecule has 21 heavy (non-hydrogen) atoms. The van der Waals surface area contributed by atoms with Gasteiger partial charge in [0.1, 0.15) is 18.5 Å². The van der Waals surface area contributed by atoms with Crippen LogP contribution < -0.4 is 10.5 Å². The Morgan fingerprint density at radius 3 is 2.95 bits per heavy atom. The van der Waals surface area contributed by atoms with Gasteiger partial charge in [-0.3, -0.25) is 0 Å². The summed E-state index contributed by atoms with van der Waals surface area (Å²) < 4.78 is 11.4. The number of ether oxygens (including phenoxy) is 2. The molecule has 1 aromatic carbocycles. The smallest absolute Gasteiger partial charge is 0.121 e. The molecule has 3 N–H and O–H groups in total. The van der Waals surface area contributed by atoms with E-state index in [1.807, 2.05) is 12.1 Å². The van der Waals surface area contributed by atoms with Gasteiger partial charge in [0, 0.05) is 11.8 Å². The predicted molar refractivity (Wildman–Crippen MR) is 84.3 cm³/mol. The van der Waals surface area contributed by atoms with Crippen molar-refractivity contribution in [2.24, 2.45) is 5.92 Å². The third kappa shape index (κ3) is 5.56. The van der Waals surface area contributed by atoms with Gasteiger partial charge in [0.05, 0.1) is 12.7 Å². The lowest BCUT2D eigenvalue weighted by Gasteiger charge is -2.29. The second-order valence-electron chi connectivity index (χ2n) is 5.93. The summed E-state index contributed by atoms with van der Waals surface area (Å²) >= 11 is 0. The molecule has 1 aromatic rings. The van der Waals surface area contributed by atoms with Crippen molar-refractivity contribution in [1.29, 1.82) is 0 Å². The van der Waals surface area contributed by atoms with Gasteiger partial charge >= 0.3 is 0 Å². The van der Waals surface area contributed by atoms with Gasteiger partial charge in [0.2, 0.25) is 0 Å². The van der Waals surface area contributed by atoms with Crippen LogP contribution in [-0.2, 0) is 4.74 Å². The first-order valence-electron chi connectivity index (χ1n) is 7.95. The average molecular weight is 293 g/mol. The second-order valence-corrected chi connectivity index (χ2v) is 5.93. The van der Waals surface area contributed by atoms with E-state index < -0.39 is 6.10 Å². The van der Waals surface area contributed by atoms with Gasteiger partial charge in [-0.2, -0.15) is 0 Å². The first kappa shape index (κ1) is 16.1. The van der Waals surface area contributed by atoms with E-state index in [0.717, 1.165) is 18.8 Å². The minimum Gasteiger partial charge on any atom is -0.491 e. The van der Waals surface area contributed by atoms with Crippen LogP contribution in [0.25, 0.3) is 0 Å². The maximum Gasteiger partial charge on any atom is 0.121 e. The van der Waals surface area contributed by atoms with E-state index in [0.29, 0.717) is 24.1 Å². The Labute approximate surface area is 127 Å². The van der Waals surface area contributed by atoms with E-state index >= 15 is 0 Å². The van der Waals surface area contributed by atoms with Gasteiger partial charge in [-0.05, 0) is 30.9 Å². The van der Waals surface area contributed by atoms with Crippen LogP contribution in [0.1, 0.15) is 39.0 Å². The molecule has 1 aliphatic rings. The summed E-state index contributed by atoms with van der Waals surface area (Å²) in [7, 11) is 0. The SMILES string of the molecule is CCC1CCCC(OCC(O)COc2cccc(N)c2)C1. The van der Waals surface area contributed by atoms with Crippen molar-refractivity contribution in [3.05, 3.63) is 24.3 Å². The zero-order chi connectivity index (χ0) is 15.1. The van der Waals surface area contributed by atoms with E-state index in [4.69, 9.17) is 15.2 Å². The fourth-order valence-electron chi connectivity index (χ4n) is 2.86. The lowest BCUT2D eigenvalue weighted by molar-refractivity contribution is -0.0441. The summed E-state index contributed by atoms with van der Waals surface area (Å²) in [5.74, 6) is 1.46. The van der Waals surface area contributed by atoms with Crippen molar-refractivity contribution in [3.8, 4) is 5.75 Å². The number of nitrogens with two attached hydrogens (primary N) is 1. The number of anilines is 1. The van der Waals surface area contributed by atoms with E-state index in [1.54, 1.807) is 12.1 Å². The Morgan fingerprint density at radius 1 is 1.33 bits per heavy atom. The minimum atomic E-state index is -0.603. The molecular formula is C17H27NO3. The zero-order valence-electron chi connectivity index (χ0n) is 12.8. The lowest BCUT2D eigenvalue weighted by Crippen LogP contribution is -2.29. The second kappa shape index (κ2) is 8.25. The first-order valence-corrected chi connectivity index (χ1v) is 7.95. The van der Waals surface area contributed by atoms with E-state index in [-0.39, 0.29) is 6.61 Å². The number of benzene rings is 1. The number of hydrogen-bond acceptors (Lipinski definition) is 4. The number of aliphatic hydroxyl groups is 1. The highest BCUT2D eigenvalue weighted by Crippen LogP contribution is 2.28. The molecule has 4 nitrogen and oxygen atoms in total. The molecule has 0 bridgehead atoms. The molecule has 0 spiro atoms. The molecule has 1 fully saturated rings. The quantitative estimate of drug-likeness (QED) is 0.759.